The number of nitrogens with one attached hydrogen (secondary N) is 1. The summed E-state index contributed by atoms with van der Waals surface area (Å²) in [6, 6.07) is 15.7. The molecule has 6 heteroatoms. The number of nitrogens with zero attached hydrogens (tertiary/aromatic N) is 2. The van der Waals surface area contributed by atoms with Crippen molar-refractivity contribution in [3.8, 4) is 17.2 Å². The van der Waals surface area contributed by atoms with E-state index in [-0.39, 0.29) is 5.91 Å². The van der Waals surface area contributed by atoms with E-state index in [0.717, 1.165) is 28.2 Å². The molecule has 0 aliphatic heterocycles. The van der Waals surface area contributed by atoms with E-state index in [2.05, 4.69) is 10.4 Å². The predicted molar refractivity (Wildman–Crippen MR) is 113 cm³/mol. The van der Waals surface area contributed by atoms with Gasteiger partial charge in [-0.3, -0.25) is 4.79 Å². The monoisotopic (exact) mass is 393 g/mol. The lowest BCUT2D eigenvalue weighted by Gasteiger charge is -2.10. The second kappa shape index (κ2) is 9.28. The Morgan fingerprint density at radius 1 is 1.03 bits per heavy atom. The molecular weight excluding hydrogens is 366 g/mol. The van der Waals surface area contributed by atoms with Crippen LogP contribution in [0.4, 0.5) is 0 Å². The van der Waals surface area contributed by atoms with Gasteiger partial charge in [0.25, 0.3) is 0 Å². The highest BCUT2D eigenvalue weighted by molar-refractivity contribution is 5.76. The van der Waals surface area contributed by atoms with E-state index < -0.39 is 0 Å². The summed E-state index contributed by atoms with van der Waals surface area (Å²) in [6.07, 6.45) is 1.07. The molecule has 0 bridgehead atoms. The van der Waals surface area contributed by atoms with E-state index in [4.69, 9.17) is 9.47 Å². The highest BCUT2D eigenvalue weighted by Crippen LogP contribution is 2.27. The number of carbonyl (C=O) groups excluding carboxylic acids is 1. The van der Waals surface area contributed by atoms with E-state index in [1.165, 1.54) is 0 Å². The number of methoxy groups -OCH3 is 2. The Labute approximate surface area is 171 Å². The van der Waals surface area contributed by atoms with Gasteiger partial charge < -0.3 is 14.8 Å². The van der Waals surface area contributed by atoms with Crippen LogP contribution in [-0.4, -0.2) is 29.9 Å². The Bertz CT molecular complexity index is 981. The number of amides is 1. The average Bonchev–Trinajstić information content (AvgIpc) is 3.04. The van der Waals surface area contributed by atoms with Crippen molar-refractivity contribution in [3.05, 3.63) is 71.0 Å². The number of ether oxygens (including phenoxy) is 2. The molecule has 29 heavy (non-hydrogen) atoms. The molecule has 6 nitrogen and oxygen atoms in total. The van der Waals surface area contributed by atoms with Crippen LogP contribution >= 0.6 is 0 Å². The van der Waals surface area contributed by atoms with Crippen LogP contribution in [0.5, 0.6) is 11.5 Å². The van der Waals surface area contributed by atoms with Gasteiger partial charge in [-0.1, -0.05) is 24.3 Å². The smallest absolute Gasteiger partial charge is 0.220 e. The van der Waals surface area contributed by atoms with Crippen LogP contribution in [-0.2, 0) is 17.8 Å². The van der Waals surface area contributed by atoms with Crippen LogP contribution < -0.4 is 14.8 Å². The molecular formula is C23H27N3O3. The van der Waals surface area contributed by atoms with Crippen LogP contribution in [0.1, 0.15) is 28.9 Å². The number of para-hydroxylation sites is 1. The summed E-state index contributed by atoms with van der Waals surface area (Å²) in [7, 11) is 3.20. The molecule has 1 heterocycles. The summed E-state index contributed by atoms with van der Waals surface area (Å²) in [5.41, 5.74) is 5.13. The van der Waals surface area contributed by atoms with Crippen LogP contribution in [0, 0.1) is 13.8 Å². The number of hydrogen-bond acceptors (Lipinski definition) is 4. The summed E-state index contributed by atoms with van der Waals surface area (Å²) in [5, 5.41) is 7.62. The van der Waals surface area contributed by atoms with Crippen LogP contribution in [0.3, 0.4) is 0 Å². The van der Waals surface area contributed by atoms with Gasteiger partial charge in [-0.05, 0) is 55.7 Å². The molecule has 3 aromatic rings. The lowest BCUT2D eigenvalue weighted by atomic mass is 10.1. The minimum absolute atomic E-state index is 0.00560. The first-order valence-electron chi connectivity index (χ1n) is 9.61. The zero-order valence-electron chi connectivity index (χ0n) is 17.4. The van der Waals surface area contributed by atoms with Gasteiger partial charge >= 0.3 is 0 Å². The molecule has 0 unspecified atom stereocenters. The molecule has 0 aliphatic carbocycles. The molecule has 0 atom stereocenters. The first-order valence-corrected chi connectivity index (χ1v) is 9.61. The third-order valence-corrected chi connectivity index (χ3v) is 4.98. The minimum Gasteiger partial charge on any atom is -0.493 e. The van der Waals surface area contributed by atoms with E-state index in [1.807, 2.05) is 67.1 Å². The molecule has 0 aliphatic rings. The number of benzene rings is 2. The van der Waals surface area contributed by atoms with Gasteiger partial charge in [0, 0.05) is 18.7 Å². The van der Waals surface area contributed by atoms with Crippen molar-refractivity contribution in [2.45, 2.75) is 33.2 Å². The molecule has 1 aromatic heterocycles. The second-order valence-corrected chi connectivity index (χ2v) is 6.86. The largest absolute Gasteiger partial charge is 0.493 e. The number of aromatic nitrogens is 2. The van der Waals surface area contributed by atoms with Crippen molar-refractivity contribution in [1.29, 1.82) is 0 Å². The molecule has 0 saturated heterocycles. The Morgan fingerprint density at radius 3 is 2.45 bits per heavy atom. The zero-order valence-corrected chi connectivity index (χ0v) is 17.4. The van der Waals surface area contributed by atoms with E-state index in [9.17, 15) is 4.79 Å². The fourth-order valence-corrected chi connectivity index (χ4v) is 3.38. The summed E-state index contributed by atoms with van der Waals surface area (Å²) >= 11 is 0. The molecule has 152 valence electrons. The SMILES string of the molecule is COc1ccc(CNC(=O)CCc2c(C)nn(-c3ccccc3)c2C)cc1OC. The standard InChI is InChI=1S/C23H27N3O3/c1-16-20(17(2)26(25-16)19-8-6-5-7-9-19)11-13-23(27)24-15-18-10-12-21(28-3)22(14-18)29-4/h5-10,12,14H,11,13,15H2,1-4H3,(H,24,27). The number of hydrogen-bond donors (Lipinski definition) is 1. The molecule has 0 spiro atoms. The summed E-state index contributed by atoms with van der Waals surface area (Å²) in [5.74, 6) is 1.33. The topological polar surface area (TPSA) is 65.4 Å². The Morgan fingerprint density at radius 2 is 1.76 bits per heavy atom. The highest BCUT2D eigenvalue weighted by atomic mass is 16.5. The van der Waals surface area contributed by atoms with Crippen molar-refractivity contribution in [3.63, 3.8) is 0 Å². The lowest BCUT2D eigenvalue weighted by molar-refractivity contribution is -0.121. The van der Waals surface area contributed by atoms with Gasteiger partial charge in [0.1, 0.15) is 0 Å². The van der Waals surface area contributed by atoms with Gasteiger partial charge in [0.05, 0.1) is 25.6 Å². The summed E-state index contributed by atoms with van der Waals surface area (Å²) < 4.78 is 12.5. The minimum atomic E-state index is 0.00560. The van der Waals surface area contributed by atoms with Gasteiger partial charge in [-0.25, -0.2) is 4.68 Å². The third kappa shape index (κ3) is 4.77. The fourth-order valence-electron chi connectivity index (χ4n) is 3.38. The number of rotatable bonds is 8. The molecule has 3 rings (SSSR count). The van der Waals surface area contributed by atoms with Crippen molar-refractivity contribution in [2.75, 3.05) is 14.2 Å². The number of aryl methyl sites for hydroxylation is 1. The maximum absolute atomic E-state index is 12.4. The highest BCUT2D eigenvalue weighted by Gasteiger charge is 2.14. The van der Waals surface area contributed by atoms with Crippen molar-refractivity contribution in [1.82, 2.24) is 15.1 Å². The van der Waals surface area contributed by atoms with Gasteiger partial charge in [0.15, 0.2) is 11.5 Å². The Kier molecular flexibility index (Phi) is 6.54. The fraction of sp³-hybridized carbons (Fsp3) is 0.304. The van der Waals surface area contributed by atoms with Crippen LogP contribution in [0.25, 0.3) is 5.69 Å². The maximum atomic E-state index is 12.4. The first kappa shape index (κ1) is 20.5. The Hall–Kier alpha value is -3.28. The van der Waals surface area contributed by atoms with Crippen LogP contribution in [0.15, 0.2) is 48.5 Å². The third-order valence-electron chi connectivity index (χ3n) is 4.98. The average molecular weight is 393 g/mol. The van der Waals surface area contributed by atoms with Gasteiger partial charge in [0.2, 0.25) is 5.91 Å². The van der Waals surface area contributed by atoms with Crippen molar-refractivity contribution < 1.29 is 14.3 Å². The molecule has 0 saturated carbocycles. The van der Waals surface area contributed by atoms with E-state index >= 15 is 0 Å². The Balaban J connectivity index is 1.59. The molecule has 1 amide bonds. The maximum Gasteiger partial charge on any atom is 0.220 e. The second-order valence-electron chi connectivity index (χ2n) is 6.86. The summed E-state index contributed by atoms with van der Waals surface area (Å²) in [6.45, 7) is 4.48. The number of carbonyl (C=O) groups is 1. The predicted octanol–water partition coefficient (Wildman–Crippen LogP) is 3.76. The van der Waals surface area contributed by atoms with Crippen molar-refractivity contribution in [2.24, 2.45) is 0 Å². The van der Waals surface area contributed by atoms with Crippen LogP contribution in [0.2, 0.25) is 0 Å². The van der Waals surface area contributed by atoms with Gasteiger partial charge in [-0.2, -0.15) is 5.10 Å². The molecule has 1 N–H and O–H groups in total. The van der Waals surface area contributed by atoms with Gasteiger partial charge in [-0.15, -0.1) is 0 Å². The first-order chi connectivity index (χ1) is 14.0. The quantitative estimate of drug-likeness (QED) is 0.633. The normalized spacial score (nSPS) is 10.6. The van der Waals surface area contributed by atoms with E-state index in [1.54, 1.807) is 14.2 Å². The molecule has 0 radical (unpaired) electrons. The lowest BCUT2D eigenvalue weighted by Crippen LogP contribution is -2.23. The van der Waals surface area contributed by atoms with Crippen molar-refractivity contribution >= 4 is 5.91 Å². The molecule has 2 aromatic carbocycles. The zero-order chi connectivity index (χ0) is 20.8. The summed E-state index contributed by atoms with van der Waals surface area (Å²) in [4.78, 5) is 12.4. The molecule has 0 fully saturated rings. The van der Waals surface area contributed by atoms with E-state index in [0.29, 0.717) is 30.9 Å².